The van der Waals surface area contributed by atoms with Crippen LogP contribution in [0, 0.1) is 0 Å². The van der Waals surface area contributed by atoms with Crippen molar-refractivity contribution in [3.63, 3.8) is 0 Å². The highest BCUT2D eigenvalue weighted by Gasteiger charge is 2.21. The van der Waals surface area contributed by atoms with E-state index in [9.17, 15) is 9.90 Å². The number of rotatable bonds is 5. The van der Waals surface area contributed by atoms with Crippen LogP contribution in [0.1, 0.15) is 5.56 Å². The fraction of sp³-hybridized carbons (Fsp3) is 0.375. The van der Waals surface area contributed by atoms with E-state index >= 15 is 0 Å². The van der Waals surface area contributed by atoms with Gasteiger partial charge in [0.15, 0.2) is 11.5 Å². The molecule has 0 saturated carbocycles. The minimum absolute atomic E-state index is 0.116. The van der Waals surface area contributed by atoms with Crippen molar-refractivity contribution in [2.75, 3.05) is 52.5 Å². The number of aliphatic hydroxyl groups excluding tert-OH is 1. The van der Waals surface area contributed by atoms with Crippen LogP contribution >= 0.6 is 0 Å². The molecule has 0 spiro atoms. The molecule has 1 fully saturated rings. The van der Waals surface area contributed by atoms with Crippen LogP contribution in [0.25, 0.3) is 22.1 Å². The van der Waals surface area contributed by atoms with Crippen molar-refractivity contribution in [1.29, 1.82) is 0 Å². The molecule has 0 unspecified atom stereocenters. The molecule has 8 heteroatoms. The second-order valence-corrected chi connectivity index (χ2v) is 8.12. The Labute approximate surface area is 185 Å². The van der Waals surface area contributed by atoms with Gasteiger partial charge in [0.2, 0.25) is 5.43 Å². The average Bonchev–Trinajstić information content (AvgIpc) is 2.82. The van der Waals surface area contributed by atoms with Crippen LogP contribution in [-0.2, 0) is 6.54 Å². The number of hydrogen-bond donors (Lipinski definition) is 2. The number of benzene rings is 2. The van der Waals surface area contributed by atoms with Crippen molar-refractivity contribution in [2.24, 2.45) is 0 Å². The molecule has 1 aromatic heterocycles. The van der Waals surface area contributed by atoms with Gasteiger partial charge in [-0.15, -0.1) is 0 Å². The van der Waals surface area contributed by atoms with Crippen molar-refractivity contribution in [1.82, 2.24) is 9.80 Å². The van der Waals surface area contributed by atoms with Gasteiger partial charge in [0.25, 0.3) is 0 Å². The number of piperazine rings is 1. The van der Waals surface area contributed by atoms with Gasteiger partial charge in [-0.05, 0) is 29.8 Å². The fourth-order valence-electron chi connectivity index (χ4n) is 4.35. The number of phenols is 1. The normalized spacial score (nSPS) is 17.0. The van der Waals surface area contributed by atoms with Crippen LogP contribution in [-0.4, -0.2) is 72.6 Å². The molecule has 2 aliphatic heterocycles. The molecule has 1 saturated heterocycles. The number of β-amino-alcohol motifs (C(OH)–C–C–N with tert-alkyl or cyclic N) is 1. The molecule has 3 heterocycles. The van der Waals surface area contributed by atoms with E-state index in [2.05, 4.69) is 9.80 Å². The summed E-state index contributed by atoms with van der Waals surface area (Å²) in [7, 11) is 0. The third-order valence-electron chi connectivity index (χ3n) is 6.14. The van der Waals surface area contributed by atoms with Crippen LogP contribution in [0.4, 0.5) is 0 Å². The molecule has 32 heavy (non-hydrogen) atoms. The molecule has 0 amide bonds. The summed E-state index contributed by atoms with van der Waals surface area (Å²) in [5.41, 5.74) is 2.00. The van der Waals surface area contributed by atoms with E-state index in [1.807, 2.05) is 6.07 Å². The monoisotopic (exact) mass is 438 g/mol. The Balaban J connectivity index is 1.46. The summed E-state index contributed by atoms with van der Waals surface area (Å²) >= 11 is 0. The molecule has 0 aliphatic carbocycles. The Hall–Kier alpha value is -3.07. The molecular formula is C24H26N2O6. The van der Waals surface area contributed by atoms with Crippen LogP contribution < -0.4 is 14.9 Å². The lowest BCUT2D eigenvalue weighted by Gasteiger charge is -2.34. The molecule has 0 bridgehead atoms. The highest BCUT2D eigenvalue weighted by atomic mass is 16.6. The van der Waals surface area contributed by atoms with E-state index in [0.29, 0.717) is 65.5 Å². The summed E-state index contributed by atoms with van der Waals surface area (Å²) in [5, 5.41) is 20.1. The smallest absolute Gasteiger partial charge is 0.200 e. The van der Waals surface area contributed by atoms with Gasteiger partial charge in [-0.3, -0.25) is 14.6 Å². The lowest BCUT2D eigenvalue weighted by Crippen LogP contribution is -2.46. The minimum atomic E-state index is -0.156. The van der Waals surface area contributed by atoms with E-state index in [-0.39, 0.29) is 17.8 Å². The van der Waals surface area contributed by atoms with Gasteiger partial charge in [0.1, 0.15) is 30.8 Å². The van der Waals surface area contributed by atoms with Gasteiger partial charge in [-0.2, -0.15) is 0 Å². The largest absolute Gasteiger partial charge is 0.507 e. The van der Waals surface area contributed by atoms with E-state index < -0.39 is 0 Å². The Morgan fingerprint density at radius 2 is 1.69 bits per heavy atom. The molecule has 3 aromatic rings. The molecule has 2 N–H and O–H groups in total. The first-order chi connectivity index (χ1) is 15.6. The number of nitrogens with zero attached hydrogens (tertiary/aromatic N) is 2. The van der Waals surface area contributed by atoms with E-state index in [1.54, 1.807) is 24.3 Å². The number of hydrogen-bond acceptors (Lipinski definition) is 8. The zero-order valence-corrected chi connectivity index (χ0v) is 17.7. The first-order valence-corrected chi connectivity index (χ1v) is 10.9. The third-order valence-corrected chi connectivity index (χ3v) is 6.14. The van der Waals surface area contributed by atoms with Gasteiger partial charge < -0.3 is 24.1 Å². The molecule has 0 radical (unpaired) electrons. The zero-order chi connectivity index (χ0) is 22.1. The van der Waals surface area contributed by atoms with Crippen LogP contribution in [0.15, 0.2) is 45.8 Å². The highest BCUT2D eigenvalue weighted by Crippen LogP contribution is 2.35. The Morgan fingerprint density at radius 1 is 0.938 bits per heavy atom. The Bertz CT molecular complexity index is 1180. The quantitative estimate of drug-likeness (QED) is 0.625. The summed E-state index contributed by atoms with van der Waals surface area (Å²) in [6, 6.07) is 8.58. The lowest BCUT2D eigenvalue weighted by molar-refractivity contribution is 0.108. The van der Waals surface area contributed by atoms with Crippen molar-refractivity contribution in [3.05, 3.63) is 52.4 Å². The molecule has 5 rings (SSSR count). The van der Waals surface area contributed by atoms with Gasteiger partial charge in [-0.1, -0.05) is 6.07 Å². The minimum Gasteiger partial charge on any atom is -0.507 e. The fourth-order valence-corrected chi connectivity index (χ4v) is 4.35. The summed E-state index contributed by atoms with van der Waals surface area (Å²) in [6.45, 7) is 5.63. The summed E-state index contributed by atoms with van der Waals surface area (Å²) in [4.78, 5) is 17.7. The van der Waals surface area contributed by atoms with E-state index in [4.69, 9.17) is 19.0 Å². The Kier molecular flexibility index (Phi) is 5.73. The van der Waals surface area contributed by atoms with Gasteiger partial charge in [0.05, 0.1) is 23.1 Å². The summed E-state index contributed by atoms with van der Waals surface area (Å²) < 4.78 is 17.1. The van der Waals surface area contributed by atoms with Crippen LogP contribution in [0.3, 0.4) is 0 Å². The zero-order valence-electron chi connectivity index (χ0n) is 17.7. The molecule has 0 atom stereocenters. The highest BCUT2D eigenvalue weighted by molar-refractivity contribution is 5.86. The topological polar surface area (TPSA) is 95.6 Å². The average molecular weight is 438 g/mol. The molecule has 2 aliphatic rings. The van der Waals surface area contributed by atoms with Crippen molar-refractivity contribution in [2.45, 2.75) is 6.54 Å². The molecular weight excluding hydrogens is 412 g/mol. The lowest BCUT2D eigenvalue weighted by atomic mass is 10.0. The van der Waals surface area contributed by atoms with Crippen LogP contribution in [0.5, 0.6) is 17.2 Å². The van der Waals surface area contributed by atoms with E-state index in [1.165, 1.54) is 6.26 Å². The summed E-state index contributed by atoms with van der Waals surface area (Å²) in [5.74, 6) is 1.39. The number of aliphatic hydroxyl groups is 1. The second-order valence-electron chi connectivity index (χ2n) is 8.12. The van der Waals surface area contributed by atoms with Crippen molar-refractivity contribution >= 4 is 11.0 Å². The number of phenolic OH excluding ortho intramolecular Hbond substituents is 1. The number of aromatic hydroxyl groups is 1. The van der Waals surface area contributed by atoms with Crippen molar-refractivity contribution < 1.29 is 24.1 Å². The van der Waals surface area contributed by atoms with Gasteiger partial charge >= 0.3 is 0 Å². The maximum absolute atomic E-state index is 13.3. The first-order valence-electron chi connectivity index (χ1n) is 10.9. The number of ether oxygens (including phenoxy) is 2. The van der Waals surface area contributed by atoms with Crippen LogP contribution in [0.2, 0.25) is 0 Å². The number of fused-ring (bicyclic) bond motifs is 2. The SMILES string of the molecule is O=c1c(-c2ccc3c(c2)OCCO3)coc2c(CN3CCN(CCO)CC3)c(O)ccc12. The van der Waals surface area contributed by atoms with E-state index in [0.717, 1.165) is 26.2 Å². The maximum Gasteiger partial charge on any atom is 0.200 e. The summed E-state index contributed by atoms with van der Waals surface area (Å²) in [6.07, 6.45) is 1.46. The standard InChI is InChI=1S/C24H26N2O6/c27-10-9-25-5-7-26(8-6-25)14-18-20(28)3-2-17-23(29)19(15-32-24(17)18)16-1-4-21-22(13-16)31-12-11-30-21/h1-4,13,15,27-28H,5-12,14H2. The molecule has 2 aromatic carbocycles. The molecule has 8 nitrogen and oxygen atoms in total. The molecule has 168 valence electrons. The third kappa shape index (κ3) is 3.92. The first kappa shape index (κ1) is 20.8. The van der Waals surface area contributed by atoms with Crippen molar-refractivity contribution in [3.8, 4) is 28.4 Å². The predicted molar refractivity (Wildman–Crippen MR) is 119 cm³/mol. The second kappa shape index (κ2) is 8.82. The predicted octanol–water partition coefficient (Wildman–Crippen LogP) is 2.05. The maximum atomic E-state index is 13.3. The Morgan fingerprint density at radius 3 is 2.47 bits per heavy atom. The van der Waals surface area contributed by atoms with Gasteiger partial charge in [-0.25, -0.2) is 0 Å². The van der Waals surface area contributed by atoms with Gasteiger partial charge in [0, 0.05) is 39.3 Å².